The molecular weight excluding hydrogens is 194 g/mol. The molecule has 0 aliphatic carbocycles. The summed E-state index contributed by atoms with van der Waals surface area (Å²) in [6.45, 7) is 6.94. The average molecular weight is 219 g/mol. The lowest BCUT2D eigenvalue weighted by atomic mass is 10.2. The topological polar surface area (TPSA) is 63.9 Å². The Labute approximate surface area is 92.5 Å². The zero-order valence-electron chi connectivity index (χ0n) is 10.1. The van der Waals surface area contributed by atoms with E-state index in [2.05, 4.69) is 0 Å². The Kier molecular flexibility index (Phi) is 7.96. The van der Waals surface area contributed by atoms with Crippen molar-refractivity contribution < 1.29 is 15.3 Å². The fourth-order valence-electron chi connectivity index (χ4n) is 1.69. The van der Waals surface area contributed by atoms with Gasteiger partial charge in [0.15, 0.2) is 0 Å². The third-order valence-electron chi connectivity index (χ3n) is 2.14. The van der Waals surface area contributed by atoms with E-state index in [4.69, 9.17) is 0 Å². The second-order valence-corrected chi connectivity index (χ2v) is 4.36. The Morgan fingerprint density at radius 3 is 1.73 bits per heavy atom. The van der Waals surface area contributed by atoms with Gasteiger partial charge < -0.3 is 15.3 Å². The van der Waals surface area contributed by atoms with Crippen molar-refractivity contribution in [1.82, 2.24) is 4.90 Å². The van der Waals surface area contributed by atoms with Crippen LogP contribution < -0.4 is 0 Å². The highest BCUT2D eigenvalue weighted by atomic mass is 16.3. The molecule has 92 valence electrons. The van der Waals surface area contributed by atoms with Crippen molar-refractivity contribution in [2.45, 2.75) is 51.9 Å². The first-order valence-electron chi connectivity index (χ1n) is 5.72. The van der Waals surface area contributed by atoms with Crippen molar-refractivity contribution >= 4 is 0 Å². The predicted octanol–water partition coefficient (Wildman–Crippen LogP) is 0.211. The van der Waals surface area contributed by atoms with Crippen LogP contribution in [0.25, 0.3) is 0 Å². The molecule has 3 N–H and O–H groups in total. The molecule has 0 spiro atoms. The first-order chi connectivity index (χ1) is 6.95. The second-order valence-electron chi connectivity index (χ2n) is 4.36. The van der Waals surface area contributed by atoms with Crippen LogP contribution in [-0.4, -0.2) is 58.2 Å². The van der Waals surface area contributed by atoms with Crippen molar-refractivity contribution in [2.24, 2.45) is 0 Å². The zero-order valence-corrected chi connectivity index (χ0v) is 10.1. The molecule has 4 heteroatoms. The molecule has 4 nitrogen and oxygen atoms in total. The maximum atomic E-state index is 9.64. The highest BCUT2D eigenvalue weighted by Crippen LogP contribution is 2.02. The summed E-state index contributed by atoms with van der Waals surface area (Å²) in [6.07, 6.45) is 0.469. The third-order valence-corrected chi connectivity index (χ3v) is 2.14. The summed E-state index contributed by atoms with van der Waals surface area (Å²) in [5, 5.41) is 28.2. The van der Waals surface area contributed by atoms with E-state index in [9.17, 15) is 15.3 Å². The van der Waals surface area contributed by atoms with E-state index >= 15 is 0 Å². The molecule has 0 aromatic carbocycles. The number of rotatable bonds is 8. The van der Waals surface area contributed by atoms with Gasteiger partial charge in [-0.1, -0.05) is 13.3 Å². The summed E-state index contributed by atoms with van der Waals surface area (Å²) in [6, 6.07) is 0. The lowest BCUT2D eigenvalue weighted by Gasteiger charge is -2.27. The van der Waals surface area contributed by atoms with Gasteiger partial charge in [0.25, 0.3) is 0 Å². The highest BCUT2D eigenvalue weighted by molar-refractivity contribution is 4.68. The smallest absolute Gasteiger partial charge is 0.0667 e. The minimum atomic E-state index is -0.433. The zero-order chi connectivity index (χ0) is 11.8. The van der Waals surface area contributed by atoms with Crippen molar-refractivity contribution in [1.29, 1.82) is 0 Å². The molecule has 0 rings (SSSR count). The van der Waals surface area contributed by atoms with E-state index in [0.717, 1.165) is 12.8 Å². The molecule has 15 heavy (non-hydrogen) atoms. The predicted molar refractivity (Wildman–Crippen MR) is 60.7 cm³/mol. The summed E-state index contributed by atoms with van der Waals surface area (Å²) in [7, 11) is 0. The molecule has 0 heterocycles. The van der Waals surface area contributed by atoms with Gasteiger partial charge in [-0.15, -0.1) is 0 Å². The van der Waals surface area contributed by atoms with Crippen LogP contribution in [-0.2, 0) is 0 Å². The van der Waals surface area contributed by atoms with Gasteiger partial charge in [0.05, 0.1) is 18.3 Å². The monoisotopic (exact) mass is 219 g/mol. The van der Waals surface area contributed by atoms with Crippen molar-refractivity contribution in [3.05, 3.63) is 0 Å². The maximum Gasteiger partial charge on any atom is 0.0667 e. The van der Waals surface area contributed by atoms with Gasteiger partial charge in [-0.3, -0.25) is 4.90 Å². The molecule has 0 aromatic heterocycles. The molecule has 0 radical (unpaired) electrons. The quantitative estimate of drug-likeness (QED) is 0.546. The maximum absolute atomic E-state index is 9.64. The number of hydrogen-bond acceptors (Lipinski definition) is 4. The van der Waals surface area contributed by atoms with Gasteiger partial charge in [-0.2, -0.15) is 0 Å². The summed E-state index contributed by atoms with van der Waals surface area (Å²) in [4.78, 5) is 1.90. The van der Waals surface area contributed by atoms with E-state index in [1.807, 2.05) is 11.8 Å². The normalized spacial score (nSPS) is 17.8. The number of aliphatic hydroxyl groups is 3. The standard InChI is InChI=1S/C11H25NO3/c1-4-5-11(15)8-12(6-9(2)13)7-10(3)14/h9-11,13-15H,4-8H2,1-3H3. The van der Waals surface area contributed by atoms with Gasteiger partial charge in [-0.05, 0) is 20.3 Å². The Balaban J connectivity index is 3.99. The molecular formula is C11H25NO3. The molecule has 0 fully saturated rings. The van der Waals surface area contributed by atoms with E-state index < -0.39 is 12.2 Å². The summed E-state index contributed by atoms with van der Waals surface area (Å²) < 4.78 is 0. The van der Waals surface area contributed by atoms with Gasteiger partial charge in [0.1, 0.15) is 0 Å². The van der Waals surface area contributed by atoms with E-state index in [-0.39, 0.29) is 6.10 Å². The van der Waals surface area contributed by atoms with Crippen LogP contribution in [0.2, 0.25) is 0 Å². The SMILES string of the molecule is CCCC(O)CN(CC(C)O)CC(C)O. The van der Waals surface area contributed by atoms with Gasteiger partial charge in [0.2, 0.25) is 0 Å². The number of hydrogen-bond donors (Lipinski definition) is 3. The number of nitrogens with zero attached hydrogens (tertiary/aromatic N) is 1. The van der Waals surface area contributed by atoms with E-state index in [0.29, 0.717) is 19.6 Å². The molecule has 0 aliphatic rings. The Morgan fingerprint density at radius 1 is 0.933 bits per heavy atom. The van der Waals surface area contributed by atoms with Gasteiger partial charge in [0, 0.05) is 19.6 Å². The lowest BCUT2D eigenvalue weighted by Crippen LogP contribution is -2.40. The minimum absolute atomic E-state index is 0.368. The van der Waals surface area contributed by atoms with Gasteiger partial charge in [-0.25, -0.2) is 0 Å². The van der Waals surface area contributed by atoms with Crippen LogP contribution in [0.5, 0.6) is 0 Å². The van der Waals surface area contributed by atoms with Crippen molar-refractivity contribution in [3.8, 4) is 0 Å². The van der Waals surface area contributed by atoms with Crippen molar-refractivity contribution in [3.63, 3.8) is 0 Å². The fraction of sp³-hybridized carbons (Fsp3) is 1.00. The second kappa shape index (κ2) is 8.05. The van der Waals surface area contributed by atoms with Crippen LogP contribution in [0, 0.1) is 0 Å². The third kappa shape index (κ3) is 8.81. The molecule has 0 amide bonds. The van der Waals surface area contributed by atoms with Crippen LogP contribution in [0.15, 0.2) is 0 Å². The Morgan fingerprint density at radius 2 is 1.40 bits per heavy atom. The molecule has 0 saturated carbocycles. The molecule has 0 saturated heterocycles. The van der Waals surface area contributed by atoms with E-state index in [1.54, 1.807) is 13.8 Å². The molecule has 0 bridgehead atoms. The average Bonchev–Trinajstić information content (AvgIpc) is 2.00. The van der Waals surface area contributed by atoms with Gasteiger partial charge >= 0.3 is 0 Å². The van der Waals surface area contributed by atoms with Crippen LogP contribution in [0.3, 0.4) is 0 Å². The van der Waals surface area contributed by atoms with Crippen molar-refractivity contribution in [2.75, 3.05) is 19.6 Å². The summed E-state index contributed by atoms with van der Waals surface area (Å²) >= 11 is 0. The Hall–Kier alpha value is -0.160. The minimum Gasteiger partial charge on any atom is -0.392 e. The van der Waals surface area contributed by atoms with E-state index in [1.165, 1.54) is 0 Å². The number of aliphatic hydroxyl groups excluding tert-OH is 3. The highest BCUT2D eigenvalue weighted by Gasteiger charge is 2.14. The molecule has 3 atom stereocenters. The lowest BCUT2D eigenvalue weighted by molar-refractivity contribution is 0.0449. The first-order valence-corrected chi connectivity index (χ1v) is 5.72. The molecule has 0 aromatic rings. The van der Waals surface area contributed by atoms with Crippen LogP contribution in [0.4, 0.5) is 0 Å². The van der Waals surface area contributed by atoms with Crippen LogP contribution in [0.1, 0.15) is 33.6 Å². The molecule has 3 unspecified atom stereocenters. The Bertz CT molecular complexity index is 141. The first kappa shape index (κ1) is 14.8. The molecule has 0 aliphatic heterocycles. The summed E-state index contributed by atoms with van der Waals surface area (Å²) in [5.74, 6) is 0. The fourth-order valence-corrected chi connectivity index (χ4v) is 1.69. The largest absolute Gasteiger partial charge is 0.392 e. The summed E-state index contributed by atoms with van der Waals surface area (Å²) in [5.41, 5.74) is 0. The van der Waals surface area contributed by atoms with Crippen LogP contribution >= 0.6 is 0 Å².